The van der Waals surface area contributed by atoms with Crippen LogP contribution in [0.3, 0.4) is 0 Å². The van der Waals surface area contributed by atoms with E-state index in [2.05, 4.69) is 4.98 Å². The minimum atomic E-state index is -3.32. The largest absolute Gasteiger partial charge is 0.387 e. The van der Waals surface area contributed by atoms with Crippen molar-refractivity contribution in [2.45, 2.75) is 11.1 Å². The molecular formula is C7H7NO3S. The molecule has 0 aliphatic carbocycles. The molecule has 0 bridgehead atoms. The average molecular weight is 185 g/mol. The molecule has 1 unspecified atom stereocenters. The van der Waals surface area contributed by atoms with E-state index in [1.165, 1.54) is 6.20 Å². The summed E-state index contributed by atoms with van der Waals surface area (Å²) in [5, 5.41) is 9.32. The zero-order chi connectivity index (χ0) is 8.77. The van der Waals surface area contributed by atoms with Crippen molar-refractivity contribution in [3.05, 3.63) is 23.9 Å². The number of aliphatic hydroxyl groups is 1. The lowest BCUT2D eigenvalue weighted by atomic mass is 10.2. The number of pyridine rings is 1. The van der Waals surface area contributed by atoms with Gasteiger partial charge in [0.05, 0.1) is 11.9 Å². The second-order valence-electron chi connectivity index (χ2n) is 2.69. The van der Waals surface area contributed by atoms with Gasteiger partial charge in [-0.05, 0) is 6.07 Å². The van der Waals surface area contributed by atoms with Crippen molar-refractivity contribution in [1.82, 2.24) is 4.98 Å². The summed E-state index contributed by atoms with van der Waals surface area (Å²) in [6.45, 7) is 0. The highest BCUT2D eigenvalue weighted by molar-refractivity contribution is 7.91. The van der Waals surface area contributed by atoms with Crippen molar-refractivity contribution in [2.24, 2.45) is 0 Å². The van der Waals surface area contributed by atoms with Crippen molar-refractivity contribution in [2.75, 3.05) is 5.75 Å². The molecule has 12 heavy (non-hydrogen) atoms. The fourth-order valence-electron chi connectivity index (χ4n) is 1.29. The van der Waals surface area contributed by atoms with Crippen molar-refractivity contribution in [1.29, 1.82) is 0 Å². The highest BCUT2D eigenvalue weighted by Gasteiger charge is 2.34. The second kappa shape index (κ2) is 2.27. The maximum atomic E-state index is 11.2. The fraction of sp³-hybridized carbons (Fsp3) is 0.286. The third-order valence-electron chi connectivity index (χ3n) is 1.83. The third kappa shape index (κ3) is 0.937. The van der Waals surface area contributed by atoms with Gasteiger partial charge >= 0.3 is 0 Å². The standard InChI is InChI=1S/C7H7NO3S/c9-6-4-12(10,11)7-5(6)2-1-3-8-7/h1-3,6,9H,4H2. The van der Waals surface area contributed by atoms with E-state index < -0.39 is 15.9 Å². The van der Waals surface area contributed by atoms with Gasteiger partial charge in [-0.3, -0.25) is 0 Å². The molecule has 1 aliphatic rings. The molecule has 1 N–H and O–H groups in total. The van der Waals surface area contributed by atoms with Crippen LogP contribution in [0.1, 0.15) is 11.7 Å². The number of aliphatic hydroxyl groups excluding tert-OH is 1. The first-order valence-corrected chi connectivity index (χ1v) is 5.12. The molecule has 0 amide bonds. The van der Waals surface area contributed by atoms with Crippen LogP contribution in [0.5, 0.6) is 0 Å². The Kier molecular flexibility index (Phi) is 1.46. The first-order chi connectivity index (χ1) is 5.61. The molecule has 1 aliphatic heterocycles. The maximum Gasteiger partial charge on any atom is 0.198 e. The van der Waals surface area contributed by atoms with E-state index in [4.69, 9.17) is 0 Å². The van der Waals surface area contributed by atoms with Crippen LogP contribution in [0.25, 0.3) is 0 Å². The highest BCUT2D eigenvalue weighted by Crippen LogP contribution is 2.30. The predicted octanol–water partition coefficient (Wildman–Crippen LogP) is -0.0977. The smallest absolute Gasteiger partial charge is 0.198 e. The summed E-state index contributed by atoms with van der Waals surface area (Å²) in [5.74, 6) is -0.237. The lowest BCUT2D eigenvalue weighted by Crippen LogP contribution is -2.02. The van der Waals surface area contributed by atoms with Gasteiger partial charge in [-0.1, -0.05) is 6.07 Å². The summed E-state index contributed by atoms with van der Waals surface area (Å²) >= 11 is 0. The Labute approximate surface area is 69.8 Å². The minimum absolute atomic E-state index is 0.0255. The number of nitrogens with zero attached hydrogens (tertiary/aromatic N) is 1. The van der Waals surface area contributed by atoms with Crippen LogP contribution in [0.2, 0.25) is 0 Å². The van der Waals surface area contributed by atoms with E-state index in [1.54, 1.807) is 12.1 Å². The van der Waals surface area contributed by atoms with Gasteiger partial charge in [0.2, 0.25) is 0 Å². The van der Waals surface area contributed by atoms with Crippen LogP contribution < -0.4 is 0 Å². The van der Waals surface area contributed by atoms with Gasteiger partial charge in [-0.2, -0.15) is 0 Å². The zero-order valence-electron chi connectivity index (χ0n) is 6.14. The molecule has 1 aromatic heterocycles. The number of hydrogen-bond acceptors (Lipinski definition) is 4. The molecule has 1 atom stereocenters. The lowest BCUT2D eigenvalue weighted by molar-refractivity contribution is 0.203. The van der Waals surface area contributed by atoms with E-state index in [-0.39, 0.29) is 10.8 Å². The Balaban J connectivity index is 2.74. The molecule has 0 aromatic carbocycles. The Morgan fingerprint density at radius 2 is 2.33 bits per heavy atom. The third-order valence-corrected chi connectivity index (χ3v) is 3.52. The van der Waals surface area contributed by atoms with Crippen LogP contribution in [0.4, 0.5) is 0 Å². The fourth-order valence-corrected chi connectivity index (χ4v) is 2.83. The maximum absolute atomic E-state index is 11.2. The normalized spacial score (nSPS) is 25.2. The minimum Gasteiger partial charge on any atom is -0.387 e. The van der Waals surface area contributed by atoms with Crippen LogP contribution in [-0.4, -0.2) is 24.3 Å². The van der Waals surface area contributed by atoms with Gasteiger partial charge < -0.3 is 5.11 Å². The Bertz CT molecular complexity index is 412. The SMILES string of the molecule is O=S1(=O)CC(O)c2cccnc21. The van der Waals surface area contributed by atoms with Gasteiger partial charge in [0.25, 0.3) is 0 Å². The first kappa shape index (κ1) is 7.70. The van der Waals surface area contributed by atoms with E-state index in [1.807, 2.05) is 0 Å². The van der Waals surface area contributed by atoms with Gasteiger partial charge in [0.15, 0.2) is 14.9 Å². The van der Waals surface area contributed by atoms with Gasteiger partial charge in [0.1, 0.15) is 0 Å². The molecule has 0 spiro atoms. The Morgan fingerprint density at radius 3 is 3.00 bits per heavy atom. The summed E-state index contributed by atoms with van der Waals surface area (Å²) in [5.41, 5.74) is 0.414. The molecule has 0 saturated carbocycles. The number of sulfone groups is 1. The van der Waals surface area contributed by atoms with Crippen molar-refractivity contribution in [3.8, 4) is 0 Å². The summed E-state index contributed by atoms with van der Waals surface area (Å²) in [7, 11) is -3.32. The van der Waals surface area contributed by atoms with Gasteiger partial charge in [0, 0.05) is 11.8 Å². The zero-order valence-corrected chi connectivity index (χ0v) is 6.95. The molecule has 1 aromatic rings. The van der Waals surface area contributed by atoms with Gasteiger partial charge in [-0.25, -0.2) is 13.4 Å². The monoisotopic (exact) mass is 185 g/mol. The molecule has 4 nitrogen and oxygen atoms in total. The Hall–Kier alpha value is -0.940. The van der Waals surface area contributed by atoms with Crippen LogP contribution >= 0.6 is 0 Å². The first-order valence-electron chi connectivity index (χ1n) is 3.47. The number of rotatable bonds is 0. The topological polar surface area (TPSA) is 67.3 Å². The molecular weight excluding hydrogens is 178 g/mol. The number of hydrogen-bond donors (Lipinski definition) is 1. The summed E-state index contributed by atoms with van der Waals surface area (Å²) < 4.78 is 22.5. The van der Waals surface area contributed by atoms with Crippen LogP contribution in [0.15, 0.2) is 23.4 Å². The van der Waals surface area contributed by atoms with E-state index in [9.17, 15) is 13.5 Å². The molecule has 0 saturated heterocycles. The van der Waals surface area contributed by atoms with Crippen LogP contribution in [0, 0.1) is 0 Å². The predicted molar refractivity (Wildman–Crippen MR) is 41.2 cm³/mol. The van der Waals surface area contributed by atoms with Crippen molar-refractivity contribution < 1.29 is 13.5 Å². The molecule has 2 rings (SSSR count). The number of fused-ring (bicyclic) bond motifs is 1. The van der Waals surface area contributed by atoms with Gasteiger partial charge in [-0.15, -0.1) is 0 Å². The molecule has 5 heteroatoms. The lowest BCUT2D eigenvalue weighted by Gasteiger charge is -1.97. The summed E-state index contributed by atoms with van der Waals surface area (Å²) in [4.78, 5) is 3.71. The molecule has 0 radical (unpaired) electrons. The Morgan fingerprint density at radius 1 is 1.58 bits per heavy atom. The average Bonchev–Trinajstić information content (AvgIpc) is 2.25. The number of aromatic nitrogens is 1. The quantitative estimate of drug-likeness (QED) is 0.613. The molecule has 0 fully saturated rings. The summed E-state index contributed by atoms with van der Waals surface area (Å²) in [6, 6.07) is 3.19. The van der Waals surface area contributed by atoms with Crippen molar-refractivity contribution >= 4 is 9.84 Å². The molecule has 64 valence electrons. The summed E-state index contributed by atoms with van der Waals surface area (Å²) in [6.07, 6.45) is 0.507. The van der Waals surface area contributed by atoms with E-state index in [0.29, 0.717) is 5.56 Å². The van der Waals surface area contributed by atoms with Crippen LogP contribution in [-0.2, 0) is 9.84 Å². The molecule has 2 heterocycles. The van der Waals surface area contributed by atoms with E-state index in [0.717, 1.165) is 0 Å². The van der Waals surface area contributed by atoms with E-state index >= 15 is 0 Å². The highest BCUT2D eigenvalue weighted by atomic mass is 32.2. The van der Waals surface area contributed by atoms with Crippen molar-refractivity contribution in [3.63, 3.8) is 0 Å². The second-order valence-corrected chi connectivity index (χ2v) is 4.64.